The van der Waals surface area contributed by atoms with Gasteiger partial charge in [0.1, 0.15) is 5.69 Å². The number of nitrogens with one attached hydrogen (secondary N) is 1. The highest BCUT2D eigenvalue weighted by Crippen LogP contribution is 2.05. The monoisotopic (exact) mass is 181 g/mol. The van der Waals surface area contributed by atoms with Gasteiger partial charge in [-0.25, -0.2) is 0 Å². The van der Waals surface area contributed by atoms with Gasteiger partial charge in [0.2, 0.25) is 0 Å². The molecule has 0 aliphatic rings. The van der Waals surface area contributed by atoms with Gasteiger partial charge in [-0.2, -0.15) is 15.4 Å². The Morgan fingerprint density at radius 1 is 1.46 bits per heavy atom. The summed E-state index contributed by atoms with van der Waals surface area (Å²) < 4.78 is 0. The van der Waals surface area contributed by atoms with E-state index in [1.54, 1.807) is 0 Å². The minimum Gasteiger partial charge on any atom is -0.292 e. The van der Waals surface area contributed by atoms with Gasteiger partial charge < -0.3 is 0 Å². The summed E-state index contributed by atoms with van der Waals surface area (Å²) in [5.74, 6) is 0.0878. The summed E-state index contributed by atoms with van der Waals surface area (Å²) in [5, 5.41) is 9.75. The van der Waals surface area contributed by atoms with Crippen molar-refractivity contribution < 1.29 is 4.79 Å². The minimum absolute atomic E-state index is 0.0878. The number of aromatic nitrogens is 3. The first kappa shape index (κ1) is 9.89. The van der Waals surface area contributed by atoms with Gasteiger partial charge in [-0.15, -0.1) is 0 Å². The van der Waals surface area contributed by atoms with E-state index >= 15 is 0 Å². The van der Waals surface area contributed by atoms with Crippen LogP contribution in [0.2, 0.25) is 0 Å². The number of carbonyl (C=O) groups excluding carboxylic acids is 1. The van der Waals surface area contributed by atoms with Crippen LogP contribution in [-0.2, 0) is 0 Å². The number of aromatic amines is 1. The molecule has 1 heterocycles. The van der Waals surface area contributed by atoms with Gasteiger partial charge >= 0.3 is 0 Å². The summed E-state index contributed by atoms with van der Waals surface area (Å²) in [4.78, 5) is 11.3. The highest BCUT2D eigenvalue weighted by Gasteiger charge is 2.07. The van der Waals surface area contributed by atoms with E-state index < -0.39 is 0 Å². The van der Waals surface area contributed by atoms with Gasteiger partial charge in [0.05, 0.1) is 6.20 Å². The van der Waals surface area contributed by atoms with Gasteiger partial charge in [-0.1, -0.05) is 26.2 Å². The molecule has 72 valence electrons. The van der Waals surface area contributed by atoms with E-state index in [9.17, 15) is 4.79 Å². The summed E-state index contributed by atoms with van der Waals surface area (Å²) >= 11 is 0. The van der Waals surface area contributed by atoms with Crippen LogP contribution < -0.4 is 0 Å². The van der Waals surface area contributed by atoms with Crippen molar-refractivity contribution >= 4 is 5.78 Å². The fraction of sp³-hybridized carbons (Fsp3) is 0.667. The third kappa shape index (κ3) is 3.36. The Balaban J connectivity index is 2.19. The molecule has 0 unspecified atom stereocenters. The molecule has 1 rings (SSSR count). The lowest BCUT2D eigenvalue weighted by molar-refractivity contribution is 0.0974. The average molecular weight is 181 g/mol. The van der Waals surface area contributed by atoms with Crippen molar-refractivity contribution in [2.24, 2.45) is 0 Å². The summed E-state index contributed by atoms with van der Waals surface area (Å²) in [7, 11) is 0. The van der Waals surface area contributed by atoms with Crippen LogP contribution in [0.5, 0.6) is 0 Å². The van der Waals surface area contributed by atoms with Crippen molar-refractivity contribution in [2.45, 2.75) is 39.0 Å². The number of hydrogen-bond donors (Lipinski definition) is 1. The normalized spacial score (nSPS) is 10.2. The van der Waals surface area contributed by atoms with Crippen LogP contribution in [0.25, 0.3) is 0 Å². The van der Waals surface area contributed by atoms with E-state index in [2.05, 4.69) is 22.3 Å². The first-order valence-electron chi connectivity index (χ1n) is 4.73. The molecule has 4 nitrogen and oxygen atoms in total. The Hall–Kier alpha value is -1.19. The highest BCUT2D eigenvalue weighted by molar-refractivity contribution is 5.93. The summed E-state index contributed by atoms with van der Waals surface area (Å²) in [5.41, 5.74) is 0.455. The summed E-state index contributed by atoms with van der Waals surface area (Å²) in [6.07, 6.45) is 6.54. The Labute approximate surface area is 77.7 Å². The maximum atomic E-state index is 11.3. The predicted octanol–water partition coefficient (Wildman–Crippen LogP) is 1.96. The molecule has 0 radical (unpaired) electrons. The van der Waals surface area contributed by atoms with Crippen molar-refractivity contribution in [1.29, 1.82) is 0 Å². The SMILES string of the molecule is CCCCCCC(=O)c1cn[nH]n1. The first-order chi connectivity index (χ1) is 6.34. The molecule has 0 fully saturated rings. The van der Waals surface area contributed by atoms with Crippen LogP contribution in [0.4, 0.5) is 0 Å². The molecule has 4 heteroatoms. The second kappa shape index (κ2) is 5.45. The molecule has 0 saturated heterocycles. The van der Waals surface area contributed by atoms with Gasteiger partial charge in [-0.3, -0.25) is 4.79 Å². The zero-order valence-electron chi connectivity index (χ0n) is 7.92. The number of nitrogens with zero attached hydrogens (tertiary/aromatic N) is 2. The number of unbranched alkanes of at least 4 members (excludes halogenated alkanes) is 3. The van der Waals surface area contributed by atoms with E-state index in [4.69, 9.17) is 0 Å². The van der Waals surface area contributed by atoms with Crippen molar-refractivity contribution in [1.82, 2.24) is 15.4 Å². The molecule has 13 heavy (non-hydrogen) atoms. The van der Waals surface area contributed by atoms with Crippen LogP contribution in [0.15, 0.2) is 6.20 Å². The summed E-state index contributed by atoms with van der Waals surface area (Å²) in [6.45, 7) is 2.15. The van der Waals surface area contributed by atoms with E-state index in [1.807, 2.05) is 0 Å². The number of carbonyl (C=O) groups is 1. The predicted molar refractivity (Wildman–Crippen MR) is 49.5 cm³/mol. The number of H-pyrrole nitrogens is 1. The molecule has 0 bridgehead atoms. The number of ketones is 1. The molecule has 1 aromatic heterocycles. The van der Waals surface area contributed by atoms with Crippen molar-refractivity contribution in [3.8, 4) is 0 Å². The maximum absolute atomic E-state index is 11.3. The second-order valence-electron chi connectivity index (χ2n) is 3.09. The molecule has 0 aliphatic heterocycles. The van der Waals surface area contributed by atoms with E-state index in [-0.39, 0.29) is 5.78 Å². The molecule has 0 spiro atoms. The van der Waals surface area contributed by atoms with E-state index in [0.717, 1.165) is 12.8 Å². The average Bonchev–Trinajstić information content (AvgIpc) is 2.65. The molecule has 0 aromatic carbocycles. The molecule has 0 saturated carbocycles. The van der Waals surface area contributed by atoms with Crippen LogP contribution >= 0.6 is 0 Å². The lowest BCUT2D eigenvalue weighted by atomic mass is 10.1. The Kier molecular flexibility index (Phi) is 4.15. The maximum Gasteiger partial charge on any atom is 0.184 e. The minimum atomic E-state index is 0.0878. The fourth-order valence-electron chi connectivity index (χ4n) is 1.18. The number of hydrogen-bond acceptors (Lipinski definition) is 3. The van der Waals surface area contributed by atoms with Crippen molar-refractivity contribution in [3.05, 3.63) is 11.9 Å². The molecule has 0 atom stereocenters. The highest BCUT2D eigenvalue weighted by atomic mass is 16.1. The van der Waals surface area contributed by atoms with Gasteiger partial charge in [-0.05, 0) is 6.42 Å². The van der Waals surface area contributed by atoms with Crippen LogP contribution in [0.1, 0.15) is 49.5 Å². The molecule has 1 aromatic rings. The number of Topliss-reactive ketones (excluding diaryl/α,β-unsaturated/α-hetero) is 1. The van der Waals surface area contributed by atoms with Crippen molar-refractivity contribution in [3.63, 3.8) is 0 Å². The van der Waals surface area contributed by atoms with E-state index in [0.29, 0.717) is 12.1 Å². The largest absolute Gasteiger partial charge is 0.292 e. The third-order valence-electron chi connectivity index (χ3n) is 1.96. The van der Waals surface area contributed by atoms with E-state index in [1.165, 1.54) is 19.0 Å². The topological polar surface area (TPSA) is 58.6 Å². The Bertz CT molecular complexity index is 243. The summed E-state index contributed by atoms with van der Waals surface area (Å²) in [6, 6.07) is 0. The molecule has 0 aliphatic carbocycles. The zero-order valence-corrected chi connectivity index (χ0v) is 7.92. The second-order valence-corrected chi connectivity index (χ2v) is 3.09. The third-order valence-corrected chi connectivity index (χ3v) is 1.96. The fourth-order valence-corrected chi connectivity index (χ4v) is 1.18. The van der Waals surface area contributed by atoms with Gasteiger partial charge in [0.15, 0.2) is 5.78 Å². The van der Waals surface area contributed by atoms with Gasteiger partial charge in [0, 0.05) is 6.42 Å². The molecular weight excluding hydrogens is 166 g/mol. The Morgan fingerprint density at radius 3 is 2.92 bits per heavy atom. The van der Waals surface area contributed by atoms with Gasteiger partial charge in [0.25, 0.3) is 0 Å². The first-order valence-corrected chi connectivity index (χ1v) is 4.73. The van der Waals surface area contributed by atoms with Crippen LogP contribution in [0.3, 0.4) is 0 Å². The zero-order chi connectivity index (χ0) is 9.52. The lowest BCUT2D eigenvalue weighted by Crippen LogP contribution is -1.99. The van der Waals surface area contributed by atoms with Crippen molar-refractivity contribution in [2.75, 3.05) is 0 Å². The smallest absolute Gasteiger partial charge is 0.184 e. The molecular formula is C9H15N3O. The lowest BCUT2D eigenvalue weighted by Gasteiger charge is -1.96. The van der Waals surface area contributed by atoms with Crippen LogP contribution in [-0.4, -0.2) is 21.2 Å². The van der Waals surface area contributed by atoms with Crippen LogP contribution in [0, 0.1) is 0 Å². The quantitative estimate of drug-likeness (QED) is 0.539. The Morgan fingerprint density at radius 2 is 2.31 bits per heavy atom. The molecule has 0 amide bonds. The number of rotatable bonds is 6. The standard InChI is InChI=1S/C9H15N3O/c1-2-3-4-5-6-9(13)8-7-10-12-11-8/h7H,2-6H2,1H3,(H,10,11,12). The molecule has 1 N–H and O–H groups in total.